The molecule has 0 bridgehead atoms. The van der Waals surface area contributed by atoms with Crippen LogP contribution in [0.1, 0.15) is 10.4 Å². The Hall–Kier alpha value is -4.07. The lowest BCUT2D eigenvalue weighted by Crippen LogP contribution is -2.12. The van der Waals surface area contributed by atoms with Crippen LogP contribution in [0.5, 0.6) is 0 Å². The van der Waals surface area contributed by atoms with E-state index >= 15 is 0 Å². The van der Waals surface area contributed by atoms with Gasteiger partial charge in [0.2, 0.25) is 5.89 Å². The summed E-state index contributed by atoms with van der Waals surface area (Å²) in [6, 6.07) is 14.6. The van der Waals surface area contributed by atoms with E-state index in [0.29, 0.717) is 27.9 Å². The number of nitrogens with one attached hydrogen (secondary N) is 1. The average molecular weight is 360 g/mol. The molecule has 0 spiro atoms. The van der Waals surface area contributed by atoms with Crippen LogP contribution in [0.25, 0.3) is 22.6 Å². The van der Waals surface area contributed by atoms with Crippen LogP contribution in [0, 0.1) is 10.1 Å². The van der Waals surface area contributed by atoms with Crippen molar-refractivity contribution in [2.24, 2.45) is 0 Å². The van der Waals surface area contributed by atoms with Crippen LogP contribution in [0.3, 0.4) is 0 Å². The van der Waals surface area contributed by atoms with Gasteiger partial charge in [-0.25, -0.2) is 4.98 Å². The number of carbonyl (C=O) groups excluding carboxylic acids is 1. The number of hydrogen-bond donors (Lipinski definition) is 1. The zero-order valence-corrected chi connectivity index (χ0v) is 13.8. The van der Waals surface area contributed by atoms with E-state index in [1.165, 1.54) is 24.4 Å². The highest BCUT2D eigenvalue weighted by Gasteiger charge is 2.16. The van der Waals surface area contributed by atoms with Gasteiger partial charge in [0.15, 0.2) is 5.58 Å². The lowest BCUT2D eigenvalue weighted by Gasteiger charge is -2.08. The molecule has 132 valence electrons. The van der Waals surface area contributed by atoms with Crippen LogP contribution in [0.4, 0.5) is 11.4 Å². The number of para-hydroxylation sites is 1. The van der Waals surface area contributed by atoms with Crippen LogP contribution >= 0.6 is 0 Å². The summed E-state index contributed by atoms with van der Waals surface area (Å²) in [7, 11) is 0. The van der Waals surface area contributed by atoms with Crippen LogP contribution in [-0.4, -0.2) is 20.8 Å². The Morgan fingerprint density at radius 3 is 2.74 bits per heavy atom. The molecule has 0 aliphatic heterocycles. The molecule has 1 N–H and O–H groups in total. The number of aromatic nitrogens is 2. The summed E-state index contributed by atoms with van der Waals surface area (Å²) in [5, 5.41) is 13.7. The average Bonchev–Trinajstić information content (AvgIpc) is 3.12. The van der Waals surface area contributed by atoms with Gasteiger partial charge in [-0.15, -0.1) is 0 Å². The molecule has 0 fully saturated rings. The minimum absolute atomic E-state index is 0.0690. The molecule has 4 aromatic rings. The van der Waals surface area contributed by atoms with Crippen LogP contribution in [-0.2, 0) is 0 Å². The molecule has 0 atom stereocenters. The van der Waals surface area contributed by atoms with Crippen molar-refractivity contribution >= 4 is 28.4 Å². The van der Waals surface area contributed by atoms with Gasteiger partial charge in [0.25, 0.3) is 11.6 Å². The van der Waals surface area contributed by atoms with Gasteiger partial charge < -0.3 is 9.73 Å². The predicted molar refractivity (Wildman–Crippen MR) is 98.3 cm³/mol. The number of oxazole rings is 1. The van der Waals surface area contributed by atoms with E-state index in [0.717, 1.165) is 0 Å². The Balaban J connectivity index is 1.71. The molecule has 0 radical (unpaired) electrons. The largest absolute Gasteiger partial charge is 0.436 e. The van der Waals surface area contributed by atoms with Gasteiger partial charge in [0.05, 0.1) is 21.7 Å². The zero-order valence-electron chi connectivity index (χ0n) is 13.8. The van der Waals surface area contributed by atoms with Gasteiger partial charge in [-0.2, -0.15) is 0 Å². The second-order valence-electron chi connectivity index (χ2n) is 5.67. The summed E-state index contributed by atoms with van der Waals surface area (Å²) in [5.74, 6) is -0.0603. The number of amides is 1. The van der Waals surface area contributed by atoms with E-state index in [1.807, 2.05) is 0 Å². The summed E-state index contributed by atoms with van der Waals surface area (Å²) in [6.45, 7) is 0. The third-order valence-corrected chi connectivity index (χ3v) is 3.91. The van der Waals surface area contributed by atoms with Gasteiger partial charge in [-0.05, 0) is 30.3 Å². The van der Waals surface area contributed by atoms with Gasteiger partial charge in [0, 0.05) is 24.5 Å². The molecule has 2 heterocycles. The van der Waals surface area contributed by atoms with E-state index in [1.54, 1.807) is 42.6 Å². The highest BCUT2D eigenvalue weighted by molar-refractivity contribution is 6.05. The van der Waals surface area contributed by atoms with Gasteiger partial charge in [-0.3, -0.25) is 19.9 Å². The number of nitro benzene ring substituents is 1. The van der Waals surface area contributed by atoms with Crippen molar-refractivity contribution in [1.29, 1.82) is 0 Å². The number of hydrogen-bond acceptors (Lipinski definition) is 6. The number of non-ortho nitro benzene ring substituents is 1. The quantitative estimate of drug-likeness (QED) is 0.434. The summed E-state index contributed by atoms with van der Waals surface area (Å²) >= 11 is 0. The Kier molecular flexibility index (Phi) is 4.06. The SMILES string of the molecule is O=C(Nc1ccccc1-c1nc2cc([N+](=O)[O-])ccc2o1)c1cccnc1. The molecule has 0 unspecified atom stereocenters. The molecule has 2 aromatic heterocycles. The first-order chi connectivity index (χ1) is 13.1. The number of benzene rings is 2. The number of nitro groups is 1. The van der Waals surface area contributed by atoms with Crippen molar-refractivity contribution in [2.75, 3.05) is 5.32 Å². The third-order valence-electron chi connectivity index (χ3n) is 3.91. The van der Waals surface area contributed by atoms with E-state index < -0.39 is 4.92 Å². The maximum absolute atomic E-state index is 12.4. The fourth-order valence-corrected chi connectivity index (χ4v) is 2.61. The van der Waals surface area contributed by atoms with Crippen LogP contribution in [0.15, 0.2) is 71.4 Å². The molecular weight excluding hydrogens is 348 g/mol. The number of pyridine rings is 1. The number of fused-ring (bicyclic) bond motifs is 1. The van der Waals surface area contributed by atoms with E-state index in [4.69, 9.17) is 4.42 Å². The Morgan fingerprint density at radius 1 is 1.11 bits per heavy atom. The smallest absolute Gasteiger partial charge is 0.271 e. The second-order valence-corrected chi connectivity index (χ2v) is 5.67. The molecule has 1 amide bonds. The zero-order chi connectivity index (χ0) is 18.8. The normalized spacial score (nSPS) is 10.7. The molecule has 0 saturated carbocycles. The summed E-state index contributed by atoms with van der Waals surface area (Å²) in [5.41, 5.74) is 2.21. The number of carbonyl (C=O) groups is 1. The van der Waals surface area contributed by atoms with E-state index in [9.17, 15) is 14.9 Å². The van der Waals surface area contributed by atoms with Crippen LogP contribution < -0.4 is 5.32 Å². The predicted octanol–water partition coefficient (Wildman–Crippen LogP) is 4.05. The van der Waals surface area contributed by atoms with Gasteiger partial charge >= 0.3 is 0 Å². The minimum atomic E-state index is -0.490. The molecule has 2 aromatic carbocycles. The van der Waals surface area contributed by atoms with E-state index in [2.05, 4.69) is 15.3 Å². The highest BCUT2D eigenvalue weighted by Crippen LogP contribution is 2.31. The lowest BCUT2D eigenvalue weighted by atomic mass is 10.1. The first-order valence-electron chi connectivity index (χ1n) is 7.97. The van der Waals surface area contributed by atoms with E-state index in [-0.39, 0.29) is 17.5 Å². The summed E-state index contributed by atoms with van der Waals surface area (Å²) in [6.07, 6.45) is 3.05. The Labute approximate surface area is 152 Å². The molecular formula is C19H12N4O4. The molecule has 4 rings (SSSR count). The third kappa shape index (κ3) is 3.23. The standard InChI is InChI=1S/C19H12N4O4/c24-18(12-4-3-9-20-11-12)21-15-6-2-1-5-14(15)19-22-16-10-13(23(25)26)7-8-17(16)27-19/h1-11H,(H,21,24). The number of anilines is 1. The van der Waals surface area contributed by atoms with Crippen molar-refractivity contribution < 1.29 is 14.1 Å². The molecule has 0 saturated heterocycles. The first-order valence-corrected chi connectivity index (χ1v) is 7.97. The monoisotopic (exact) mass is 360 g/mol. The lowest BCUT2D eigenvalue weighted by molar-refractivity contribution is -0.384. The summed E-state index contributed by atoms with van der Waals surface area (Å²) in [4.78, 5) is 31.1. The van der Waals surface area contributed by atoms with Crippen molar-refractivity contribution in [3.63, 3.8) is 0 Å². The molecule has 0 aliphatic carbocycles. The fourth-order valence-electron chi connectivity index (χ4n) is 2.61. The van der Waals surface area contributed by atoms with Gasteiger partial charge in [0.1, 0.15) is 5.52 Å². The van der Waals surface area contributed by atoms with Crippen LogP contribution in [0.2, 0.25) is 0 Å². The number of nitrogens with zero attached hydrogens (tertiary/aromatic N) is 3. The minimum Gasteiger partial charge on any atom is -0.436 e. The molecule has 27 heavy (non-hydrogen) atoms. The Bertz CT molecular complexity index is 1150. The second kappa shape index (κ2) is 6.68. The van der Waals surface area contributed by atoms with Crippen molar-refractivity contribution in [2.45, 2.75) is 0 Å². The van der Waals surface area contributed by atoms with Gasteiger partial charge in [-0.1, -0.05) is 12.1 Å². The molecule has 8 nitrogen and oxygen atoms in total. The molecule has 8 heteroatoms. The topological polar surface area (TPSA) is 111 Å². The first kappa shape index (κ1) is 16.4. The Morgan fingerprint density at radius 2 is 1.96 bits per heavy atom. The van der Waals surface area contributed by atoms with Crippen molar-refractivity contribution in [3.05, 3.63) is 82.7 Å². The molecule has 0 aliphatic rings. The maximum Gasteiger partial charge on any atom is 0.271 e. The number of rotatable bonds is 4. The van der Waals surface area contributed by atoms with Crippen molar-refractivity contribution in [1.82, 2.24) is 9.97 Å². The van der Waals surface area contributed by atoms with Crippen molar-refractivity contribution in [3.8, 4) is 11.5 Å². The maximum atomic E-state index is 12.4. The summed E-state index contributed by atoms with van der Waals surface area (Å²) < 4.78 is 5.72. The highest BCUT2D eigenvalue weighted by atomic mass is 16.6. The fraction of sp³-hybridized carbons (Fsp3) is 0.